The summed E-state index contributed by atoms with van der Waals surface area (Å²) in [5.41, 5.74) is 0.591. The van der Waals surface area contributed by atoms with Crippen LogP contribution in [-0.4, -0.2) is 54.9 Å². The number of carbonyl (C=O) groups is 1. The smallest absolute Gasteiger partial charge is 0.410 e. The van der Waals surface area contributed by atoms with Crippen molar-refractivity contribution in [3.05, 3.63) is 18.3 Å². The summed E-state index contributed by atoms with van der Waals surface area (Å²) in [6.45, 7) is 12.5. The molecule has 0 radical (unpaired) electrons. The van der Waals surface area contributed by atoms with Crippen molar-refractivity contribution in [2.45, 2.75) is 40.2 Å². The van der Waals surface area contributed by atoms with Crippen LogP contribution in [0, 0.1) is 0 Å². The molecule has 1 fully saturated rings. The number of hydrogen-bond donors (Lipinski definition) is 0. The number of nitrogens with zero attached hydrogens (tertiary/aromatic N) is 3. The molecule has 1 aromatic heterocycles. The zero-order chi connectivity index (χ0) is 17.5. The van der Waals surface area contributed by atoms with Crippen LogP contribution in [0.15, 0.2) is 18.3 Å². The number of carbonyl (C=O) groups excluding carboxylic acids is 1. The minimum absolute atomic E-state index is 0.241. The van der Waals surface area contributed by atoms with Gasteiger partial charge >= 0.3 is 6.09 Å². The molecule has 0 unspecified atom stereocenters. The van der Waals surface area contributed by atoms with Gasteiger partial charge in [0.25, 0.3) is 0 Å². The Kier molecular flexibility index (Phi) is 7.13. The first-order chi connectivity index (χ1) is 10.9. The lowest BCUT2D eigenvalue weighted by Gasteiger charge is -2.36. The standard InChI is InChI=1S/C15H23N3O3.C2H6/c1-15(2,3)21-14(19)18-9-7-17(8-10-18)12-5-6-13(20-4)16-11-12;1-2/h5-6,11H,7-10H2,1-4H3;1-2H3. The molecule has 1 aliphatic rings. The zero-order valence-corrected chi connectivity index (χ0v) is 15.1. The van der Waals surface area contributed by atoms with Crippen LogP contribution in [-0.2, 0) is 4.74 Å². The summed E-state index contributed by atoms with van der Waals surface area (Å²) in [7, 11) is 1.60. The molecular formula is C17H29N3O3. The molecule has 2 rings (SSSR count). The number of anilines is 1. The lowest BCUT2D eigenvalue weighted by atomic mass is 10.2. The highest BCUT2D eigenvalue weighted by molar-refractivity contribution is 5.68. The summed E-state index contributed by atoms with van der Waals surface area (Å²) in [6, 6.07) is 3.82. The molecule has 0 bridgehead atoms. The average Bonchev–Trinajstić information content (AvgIpc) is 2.55. The first kappa shape index (κ1) is 19.1. The fourth-order valence-corrected chi connectivity index (χ4v) is 2.15. The maximum atomic E-state index is 12.0. The monoisotopic (exact) mass is 323 g/mol. The van der Waals surface area contributed by atoms with Crippen molar-refractivity contribution in [1.29, 1.82) is 0 Å². The third-order valence-corrected chi connectivity index (χ3v) is 3.23. The Bertz CT molecular complexity index is 475. The summed E-state index contributed by atoms with van der Waals surface area (Å²) in [6.07, 6.45) is 1.55. The Hall–Kier alpha value is -1.98. The summed E-state index contributed by atoms with van der Waals surface area (Å²) >= 11 is 0. The molecule has 0 saturated carbocycles. The summed E-state index contributed by atoms with van der Waals surface area (Å²) in [5, 5.41) is 0. The highest BCUT2D eigenvalue weighted by Gasteiger charge is 2.25. The lowest BCUT2D eigenvalue weighted by molar-refractivity contribution is 0.0240. The van der Waals surface area contributed by atoms with E-state index in [1.807, 2.05) is 46.8 Å². The molecule has 1 aromatic rings. The Morgan fingerprint density at radius 3 is 2.17 bits per heavy atom. The number of pyridine rings is 1. The van der Waals surface area contributed by atoms with Gasteiger partial charge in [-0.3, -0.25) is 0 Å². The van der Waals surface area contributed by atoms with Crippen molar-refractivity contribution in [3.8, 4) is 5.88 Å². The second-order valence-electron chi connectivity index (χ2n) is 6.01. The molecule has 1 aliphatic heterocycles. The van der Waals surface area contributed by atoms with Crippen LogP contribution in [0.1, 0.15) is 34.6 Å². The van der Waals surface area contributed by atoms with Crippen molar-refractivity contribution in [3.63, 3.8) is 0 Å². The van der Waals surface area contributed by atoms with Gasteiger partial charge in [-0.15, -0.1) is 0 Å². The topological polar surface area (TPSA) is 54.9 Å². The van der Waals surface area contributed by atoms with Crippen molar-refractivity contribution >= 4 is 11.8 Å². The van der Waals surface area contributed by atoms with E-state index in [1.54, 1.807) is 18.2 Å². The molecule has 130 valence electrons. The molecule has 1 amide bonds. The Labute approximate surface area is 139 Å². The quantitative estimate of drug-likeness (QED) is 0.837. The number of amides is 1. The zero-order valence-electron chi connectivity index (χ0n) is 15.1. The van der Waals surface area contributed by atoms with E-state index in [-0.39, 0.29) is 6.09 Å². The van der Waals surface area contributed by atoms with E-state index in [4.69, 9.17) is 9.47 Å². The Morgan fingerprint density at radius 1 is 1.13 bits per heavy atom. The van der Waals surface area contributed by atoms with Gasteiger partial charge in [0, 0.05) is 32.2 Å². The molecule has 6 nitrogen and oxygen atoms in total. The maximum Gasteiger partial charge on any atom is 0.410 e. The van der Waals surface area contributed by atoms with Crippen LogP contribution >= 0.6 is 0 Å². The number of piperazine rings is 1. The molecule has 6 heteroatoms. The number of methoxy groups -OCH3 is 1. The molecule has 0 N–H and O–H groups in total. The number of ether oxygens (including phenoxy) is 2. The van der Waals surface area contributed by atoms with Crippen LogP contribution in [0.2, 0.25) is 0 Å². The van der Waals surface area contributed by atoms with E-state index in [0.29, 0.717) is 19.0 Å². The maximum absolute atomic E-state index is 12.0. The van der Waals surface area contributed by atoms with E-state index in [1.165, 1.54) is 0 Å². The van der Waals surface area contributed by atoms with Gasteiger partial charge in [0.15, 0.2) is 0 Å². The molecule has 0 spiro atoms. The highest BCUT2D eigenvalue weighted by atomic mass is 16.6. The number of rotatable bonds is 2. The van der Waals surface area contributed by atoms with Gasteiger partial charge in [0.1, 0.15) is 5.60 Å². The second kappa shape index (κ2) is 8.60. The van der Waals surface area contributed by atoms with Crippen LogP contribution in [0.3, 0.4) is 0 Å². The van der Waals surface area contributed by atoms with Gasteiger partial charge in [-0.05, 0) is 26.8 Å². The molecule has 1 saturated heterocycles. The predicted molar refractivity (Wildman–Crippen MR) is 92.2 cm³/mol. The Balaban J connectivity index is 0.00000127. The number of aromatic nitrogens is 1. The van der Waals surface area contributed by atoms with Crippen LogP contribution in [0.5, 0.6) is 5.88 Å². The molecule has 23 heavy (non-hydrogen) atoms. The SMILES string of the molecule is CC.COc1ccc(N2CCN(C(=O)OC(C)(C)C)CC2)cn1. The lowest BCUT2D eigenvalue weighted by Crippen LogP contribution is -2.50. The van der Waals surface area contributed by atoms with E-state index in [9.17, 15) is 4.79 Å². The molecule has 0 aromatic carbocycles. The normalized spacial score (nSPS) is 14.7. The van der Waals surface area contributed by atoms with Gasteiger partial charge in [0.2, 0.25) is 5.88 Å². The largest absolute Gasteiger partial charge is 0.481 e. The molecular weight excluding hydrogens is 294 g/mol. The van der Waals surface area contributed by atoms with E-state index in [0.717, 1.165) is 18.8 Å². The van der Waals surface area contributed by atoms with Crippen molar-refractivity contribution in [2.24, 2.45) is 0 Å². The number of hydrogen-bond acceptors (Lipinski definition) is 5. The van der Waals surface area contributed by atoms with Gasteiger partial charge in [-0.2, -0.15) is 0 Å². The van der Waals surface area contributed by atoms with Crippen LogP contribution < -0.4 is 9.64 Å². The fraction of sp³-hybridized carbons (Fsp3) is 0.647. The van der Waals surface area contributed by atoms with Crippen LogP contribution in [0.25, 0.3) is 0 Å². The Morgan fingerprint density at radius 2 is 1.74 bits per heavy atom. The van der Waals surface area contributed by atoms with Gasteiger partial charge in [0.05, 0.1) is 19.0 Å². The third kappa shape index (κ3) is 5.96. The minimum Gasteiger partial charge on any atom is -0.481 e. The third-order valence-electron chi connectivity index (χ3n) is 3.23. The first-order valence-electron chi connectivity index (χ1n) is 8.12. The molecule has 2 heterocycles. The van der Waals surface area contributed by atoms with Gasteiger partial charge < -0.3 is 19.3 Å². The van der Waals surface area contributed by atoms with Crippen molar-refractivity contribution in [2.75, 3.05) is 38.2 Å². The van der Waals surface area contributed by atoms with Crippen LogP contribution in [0.4, 0.5) is 10.5 Å². The summed E-state index contributed by atoms with van der Waals surface area (Å²) < 4.78 is 10.4. The van der Waals surface area contributed by atoms with Crippen molar-refractivity contribution in [1.82, 2.24) is 9.88 Å². The molecule has 0 atom stereocenters. The average molecular weight is 323 g/mol. The van der Waals surface area contributed by atoms with Gasteiger partial charge in [-0.1, -0.05) is 13.8 Å². The van der Waals surface area contributed by atoms with E-state index in [2.05, 4.69) is 9.88 Å². The van der Waals surface area contributed by atoms with Crippen molar-refractivity contribution < 1.29 is 14.3 Å². The second-order valence-corrected chi connectivity index (χ2v) is 6.01. The summed E-state index contributed by atoms with van der Waals surface area (Å²) in [5.74, 6) is 0.603. The highest BCUT2D eigenvalue weighted by Crippen LogP contribution is 2.19. The first-order valence-corrected chi connectivity index (χ1v) is 8.12. The predicted octanol–water partition coefficient (Wildman–Crippen LogP) is 3.17. The fourth-order valence-electron chi connectivity index (χ4n) is 2.15. The van der Waals surface area contributed by atoms with Gasteiger partial charge in [-0.25, -0.2) is 9.78 Å². The van der Waals surface area contributed by atoms with E-state index >= 15 is 0 Å². The van der Waals surface area contributed by atoms with E-state index < -0.39 is 5.60 Å². The molecule has 0 aliphatic carbocycles. The minimum atomic E-state index is -0.450. The summed E-state index contributed by atoms with van der Waals surface area (Å²) in [4.78, 5) is 20.2.